The van der Waals surface area contributed by atoms with E-state index in [-0.39, 0.29) is 5.75 Å². The average Bonchev–Trinajstić information content (AvgIpc) is 2.44. The van der Waals surface area contributed by atoms with Gasteiger partial charge >= 0.3 is 0 Å². The lowest BCUT2D eigenvalue weighted by molar-refractivity contribution is 0.261. The maximum atomic E-state index is 11.7. The third-order valence-electron chi connectivity index (χ3n) is 2.99. The molecule has 0 unspecified atom stereocenters. The minimum atomic E-state index is -3.16. The van der Waals surface area contributed by atoms with Gasteiger partial charge in [-0.2, -0.15) is 0 Å². The van der Waals surface area contributed by atoms with Crippen molar-refractivity contribution in [3.8, 4) is 5.75 Å². The predicted octanol–water partition coefficient (Wildman–Crippen LogP) is 1.85. The Hall–Kier alpha value is -1.11. The number of likely N-dealkylation sites (N-methyl/N-ethyl adjacent to an activating group) is 1. The van der Waals surface area contributed by atoms with Gasteiger partial charge in [0, 0.05) is 13.1 Å². The summed E-state index contributed by atoms with van der Waals surface area (Å²) in [6, 6.07) is 7.50. The van der Waals surface area contributed by atoms with E-state index in [9.17, 15) is 8.42 Å². The second-order valence-electron chi connectivity index (χ2n) is 5.29. The van der Waals surface area contributed by atoms with Crippen molar-refractivity contribution < 1.29 is 13.2 Å². The molecule has 1 rings (SSSR count). The Morgan fingerprint density at radius 3 is 2.43 bits per heavy atom. The summed E-state index contributed by atoms with van der Waals surface area (Å²) in [5, 5.41) is 0. The van der Waals surface area contributed by atoms with Crippen LogP contribution in [0.5, 0.6) is 5.75 Å². The Bertz CT molecular complexity index is 498. The molecule has 1 N–H and O–H groups in total. The monoisotopic (exact) mass is 314 g/mol. The number of hydrogen-bond donors (Lipinski definition) is 1. The van der Waals surface area contributed by atoms with Gasteiger partial charge in [0.25, 0.3) is 0 Å². The highest BCUT2D eigenvalue weighted by atomic mass is 32.2. The van der Waals surface area contributed by atoms with Gasteiger partial charge in [-0.15, -0.1) is 0 Å². The number of nitrogens with zero attached hydrogens (tertiary/aromatic N) is 1. The molecule has 0 fully saturated rings. The molecule has 0 aliphatic carbocycles. The molecule has 0 heterocycles. The molecule has 0 aliphatic heterocycles. The zero-order valence-corrected chi connectivity index (χ0v) is 13.9. The summed E-state index contributed by atoms with van der Waals surface area (Å²) in [5.41, 5.74) is 0.926. The summed E-state index contributed by atoms with van der Waals surface area (Å²) in [5.74, 6) is 0.990. The predicted molar refractivity (Wildman–Crippen MR) is 86.0 cm³/mol. The van der Waals surface area contributed by atoms with E-state index in [1.165, 1.54) is 0 Å². The summed E-state index contributed by atoms with van der Waals surface area (Å²) in [6.45, 7) is 3.80. The highest BCUT2D eigenvalue weighted by molar-refractivity contribution is 7.89. The molecule has 0 radical (unpaired) electrons. The Labute approximate surface area is 128 Å². The average molecular weight is 314 g/mol. The highest BCUT2D eigenvalue weighted by Gasteiger charge is 2.08. The Kier molecular flexibility index (Phi) is 7.71. The summed E-state index contributed by atoms with van der Waals surface area (Å²) in [4.78, 5) is 2.06. The molecule has 0 spiro atoms. The Balaban J connectivity index is 2.40. The van der Waals surface area contributed by atoms with Crippen LogP contribution < -0.4 is 9.46 Å². The summed E-state index contributed by atoms with van der Waals surface area (Å²) < 4.78 is 31.6. The Morgan fingerprint density at radius 2 is 1.86 bits per heavy atom. The molecule has 1 aromatic carbocycles. The van der Waals surface area contributed by atoms with Gasteiger partial charge in [0.1, 0.15) is 12.4 Å². The minimum absolute atomic E-state index is 0.190. The van der Waals surface area contributed by atoms with Crippen molar-refractivity contribution in [1.29, 1.82) is 0 Å². The molecular formula is C15H26N2O3S. The SMILES string of the molecule is CCCCS(=O)(=O)NCc1ccc(OCCN(C)C)cc1. The van der Waals surface area contributed by atoms with Crippen LogP contribution in [0.1, 0.15) is 25.3 Å². The topological polar surface area (TPSA) is 58.6 Å². The zero-order chi connectivity index (χ0) is 15.7. The third kappa shape index (κ3) is 8.04. The first-order valence-electron chi connectivity index (χ1n) is 7.27. The fraction of sp³-hybridized carbons (Fsp3) is 0.600. The van der Waals surface area contributed by atoms with E-state index < -0.39 is 10.0 Å². The molecule has 5 nitrogen and oxygen atoms in total. The van der Waals surface area contributed by atoms with Crippen LogP contribution in [0.2, 0.25) is 0 Å². The zero-order valence-electron chi connectivity index (χ0n) is 13.1. The van der Waals surface area contributed by atoms with Crippen LogP contribution in [0.25, 0.3) is 0 Å². The van der Waals surface area contributed by atoms with Gasteiger partial charge in [0.05, 0.1) is 5.75 Å². The van der Waals surface area contributed by atoms with Crippen LogP contribution in [-0.2, 0) is 16.6 Å². The van der Waals surface area contributed by atoms with Crippen LogP contribution in [0.3, 0.4) is 0 Å². The van der Waals surface area contributed by atoms with Crippen molar-refractivity contribution in [2.75, 3.05) is 33.0 Å². The molecule has 0 amide bonds. The minimum Gasteiger partial charge on any atom is -0.492 e. The van der Waals surface area contributed by atoms with Gasteiger partial charge in [-0.3, -0.25) is 0 Å². The standard InChI is InChI=1S/C15H26N2O3S/c1-4-5-12-21(18,19)16-13-14-6-8-15(9-7-14)20-11-10-17(2)3/h6-9,16H,4-5,10-13H2,1-3H3. The number of nitrogens with one attached hydrogen (secondary N) is 1. The molecule has 0 aromatic heterocycles. The van der Waals surface area contributed by atoms with E-state index in [0.29, 0.717) is 19.6 Å². The molecule has 120 valence electrons. The van der Waals surface area contributed by atoms with Gasteiger partial charge in [0.15, 0.2) is 0 Å². The first-order valence-corrected chi connectivity index (χ1v) is 8.92. The summed E-state index contributed by atoms with van der Waals surface area (Å²) in [6.07, 6.45) is 1.56. The smallest absolute Gasteiger partial charge is 0.211 e. The van der Waals surface area contributed by atoms with E-state index in [4.69, 9.17) is 4.74 Å². The van der Waals surface area contributed by atoms with Crippen molar-refractivity contribution in [1.82, 2.24) is 9.62 Å². The second-order valence-corrected chi connectivity index (χ2v) is 7.22. The number of rotatable bonds is 10. The molecule has 0 saturated heterocycles. The molecule has 21 heavy (non-hydrogen) atoms. The first kappa shape index (κ1) is 17.9. The fourth-order valence-corrected chi connectivity index (χ4v) is 2.85. The Morgan fingerprint density at radius 1 is 1.19 bits per heavy atom. The summed E-state index contributed by atoms with van der Waals surface area (Å²) in [7, 11) is 0.832. The molecular weight excluding hydrogens is 288 g/mol. The lowest BCUT2D eigenvalue weighted by Gasteiger charge is -2.11. The highest BCUT2D eigenvalue weighted by Crippen LogP contribution is 2.12. The maximum absolute atomic E-state index is 11.7. The quantitative estimate of drug-likeness (QED) is 0.716. The lowest BCUT2D eigenvalue weighted by atomic mass is 10.2. The molecule has 0 atom stereocenters. The van der Waals surface area contributed by atoms with E-state index in [0.717, 1.165) is 24.3 Å². The maximum Gasteiger partial charge on any atom is 0.211 e. The van der Waals surface area contributed by atoms with Crippen molar-refractivity contribution in [3.63, 3.8) is 0 Å². The largest absolute Gasteiger partial charge is 0.492 e. The van der Waals surface area contributed by atoms with Gasteiger partial charge in [-0.1, -0.05) is 25.5 Å². The van der Waals surface area contributed by atoms with E-state index in [1.807, 2.05) is 45.3 Å². The van der Waals surface area contributed by atoms with E-state index in [2.05, 4.69) is 9.62 Å². The van der Waals surface area contributed by atoms with Crippen LogP contribution in [-0.4, -0.2) is 46.3 Å². The van der Waals surface area contributed by atoms with Crippen molar-refractivity contribution in [2.45, 2.75) is 26.3 Å². The van der Waals surface area contributed by atoms with Crippen molar-refractivity contribution in [3.05, 3.63) is 29.8 Å². The van der Waals surface area contributed by atoms with Crippen LogP contribution >= 0.6 is 0 Å². The van der Waals surface area contributed by atoms with Crippen LogP contribution in [0.15, 0.2) is 24.3 Å². The molecule has 0 saturated carbocycles. The number of ether oxygens (including phenoxy) is 1. The van der Waals surface area contributed by atoms with Crippen LogP contribution in [0, 0.1) is 0 Å². The number of sulfonamides is 1. The third-order valence-corrected chi connectivity index (χ3v) is 4.40. The van der Waals surface area contributed by atoms with Gasteiger partial charge in [-0.25, -0.2) is 13.1 Å². The van der Waals surface area contributed by atoms with Gasteiger partial charge in [-0.05, 0) is 38.2 Å². The van der Waals surface area contributed by atoms with E-state index >= 15 is 0 Å². The number of unbranched alkanes of at least 4 members (excludes halogenated alkanes) is 1. The molecule has 0 bridgehead atoms. The lowest BCUT2D eigenvalue weighted by Crippen LogP contribution is -2.25. The second kappa shape index (κ2) is 9.02. The number of hydrogen-bond acceptors (Lipinski definition) is 4. The van der Waals surface area contributed by atoms with Crippen molar-refractivity contribution >= 4 is 10.0 Å². The molecule has 6 heteroatoms. The first-order chi connectivity index (χ1) is 9.93. The normalized spacial score (nSPS) is 11.8. The van der Waals surface area contributed by atoms with E-state index in [1.54, 1.807) is 0 Å². The molecule has 0 aliphatic rings. The number of benzene rings is 1. The summed E-state index contributed by atoms with van der Waals surface area (Å²) >= 11 is 0. The van der Waals surface area contributed by atoms with Gasteiger partial charge < -0.3 is 9.64 Å². The van der Waals surface area contributed by atoms with Gasteiger partial charge in [0.2, 0.25) is 10.0 Å². The molecule has 1 aromatic rings. The van der Waals surface area contributed by atoms with Crippen LogP contribution in [0.4, 0.5) is 0 Å². The van der Waals surface area contributed by atoms with Crippen molar-refractivity contribution in [2.24, 2.45) is 0 Å². The fourth-order valence-electron chi connectivity index (χ4n) is 1.65.